The Labute approximate surface area is 127 Å². The Morgan fingerprint density at radius 2 is 2.05 bits per heavy atom. The van der Waals surface area contributed by atoms with E-state index in [1.54, 1.807) is 12.1 Å². The van der Waals surface area contributed by atoms with E-state index in [-0.39, 0.29) is 21.2 Å². The van der Waals surface area contributed by atoms with Gasteiger partial charge in [0.25, 0.3) is 10.0 Å². The highest BCUT2D eigenvalue weighted by molar-refractivity contribution is 8.15. The summed E-state index contributed by atoms with van der Waals surface area (Å²) in [6.07, 6.45) is 0. The predicted octanol–water partition coefficient (Wildman–Crippen LogP) is 2.27. The van der Waals surface area contributed by atoms with Gasteiger partial charge < -0.3 is 10.4 Å². The van der Waals surface area contributed by atoms with Gasteiger partial charge in [-0.15, -0.1) is 4.40 Å². The van der Waals surface area contributed by atoms with Crippen molar-refractivity contribution in [3.8, 4) is 0 Å². The molecule has 0 saturated heterocycles. The van der Waals surface area contributed by atoms with E-state index in [0.717, 1.165) is 17.3 Å². The molecule has 2 rings (SSSR count). The first kappa shape index (κ1) is 15.8. The van der Waals surface area contributed by atoms with Crippen LogP contribution in [0.2, 0.25) is 0 Å². The Morgan fingerprint density at radius 1 is 1.38 bits per heavy atom. The lowest BCUT2D eigenvalue weighted by Gasteiger charge is -2.23. The zero-order valence-electron chi connectivity index (χ0n) is 11.9. The molecular formula is C13H16N2O4S2. The van der Waals surface area contributed by atoms with Crippen LogP contribution in [0.1, 0.15) is 26.3 Å². The van der Waals surface area contributed by atoms with Crippen molar-refractivity contribution in [2.45, 2.75) is 31.1 Å². The van der Waals surface area contributed by atoms with Crippen LogP contribution in [0.5, 0.6) is 0 Å². The van der Waals surface area contributed by atoms with Gasteiger partial charge in [-0.2, -0.15) is 8.42 Å². The van der Waals surface area contributed by atoms with Gasteiger partial charge in [0.2, 0.25) is 0 Å². The Morgan fingerprint density at radius 3 is 2.62 bits per heavy atom. The molecule has 0 amide bonds. The lowest BCUT2D eigenvalue weighted by molar-refractivity contribution is -0.133. The third-order valence-electron chi connectivity index (χ3n) is 2.90. The maximum absolute atomic E-state index is 12.2. The molecule has 21 heavy (non-hydrogen) atoms. The molecule has 1 aromatic rings. The van der Waals surface area contributed by atoms with Crippen molar-refractivity contribution in [3.63, 3.8) is 0 Å². The second kappa shape index (κ2) is 5.34. The molecule has 0 fully saturated rings. The largest absolute Gasteiger partial charge is 0.481 e. The van der Waals surface area contributed by atoms with E-state index in [2.05, 4.69) is 9.71 Å². The summed E-state index contributed by atoms with van der Waals surface area (Å²) in [5, 5.41) is 11.6. The lowest BCUT2D eigenvalue weighted by atomic mass is 9.87. The standard InChI is InChI=1S/C13H16N2O4S2/c1-13(2,3)8-4-5-9-10(6-8)21(18,19)15-12(14-9)20-7-11(16)17/h4-6H,7H2,1-3H3,(H,14,15)(H,16,17). The van der Waals surface area contributed by atoms with E-state index in [0.29, 0.717) is 5.69 Å². The summed E-state index contributed by atoms with van der Waals surface area (Å²) in [5.41, 5.74) is 1.14. The fraction of sp³-hybridized carbons (Fsp3) is 0.385. The molecule has 0 spiro atoms. The summed E-state index contributed by atoms with van der Waals surface area (Å²) >= 11 is 0.841. The molecule has 1 aliphatic rings. The number of aliphatic carboxylic acids is 1. The molecule has 1 aliphatic heterocycles. The number of hydrogen-bond donors (Lipinski definition) is 2. The summed E-state index contributed by atoms with van der Waals surface area (Å²) < 4.78 is 28.1. The normalized spacial score (nSPS) is 16.6. The molecule has 0 radical (unpaired) electrons. The average Bonchev–Trinajstić information content (AvgIpc) is 2.34. The van der Waals surface area contributed by atoms with E-state index in [9.17, 15) is 13.2 Å². The topological polar surface area (TPSA) is 95.8 Å². The lowest BCUT2D eigenvalue weighted by Crippen LogP contribution is -2.21. The minimum Gasteiger partial charge on any atom is -0.481 e. The van der Waals surface area contributed by atoms with Crippen molar-refractivity contribution in [1.82, 2.24) is 0 Å². The second-order valence-electron chi connectivity index (χ2n) is 5.64. The van der Waals surface area contributed by atoms with Crippen LogP contribution in [0.15, 0.2) is 27.5 Å². The first-order chi connectivity index (χ1) is 9.59. The number of nitrogens with one attached hydrogen (secondary N) is 1. The van der Waals surface area contributed by atoms with E-state index in [1.807, 2.05) is 26.8 Å². The molecule has 8 heteroatoms. The first-order valence-corrected chi connectivity index (χ1v) is 8.63. The van der Waals surface area contributed by atoms with E-state index in [1.165, 1.54) is 0 Å². The monoisotopic (exact) mass is 328 g/mol. The Balaban J connectivity index is 2.40. The summed E-state index contributed by atoms with van der Waals surface area (Å²) in [7, 11) is -3.81. The van der Waals surface area contributed by atoms with Gasteiger partial charge in [0.15, 0.2) is 5.17 Å². The van der Waals surface area contributed by atoms with E-state index >= 15 is 0 Å². The Kier molecular flexibility index (Phi) is 4.03. The summed E-state index contributed by atoms with van der Waals surface area (Å²) in [6, 6.07) is 5.15. The van der Waals surface area contributed by atoms with Crippen LogP contribution in [0.3, 0.4) is 0 Å². The molecule has 0 unspecified atom stereocenters. The van der Waals surface area contributed by atoms with Crippen molar-refractivity contribution in [1.29, 1.82) is 0 Å². The van der Waals surface area contributed by atoms with Crippen LogP contribution in [0, 0.1) is 0 Å². The van der Waals surface area contributed by atoms with Gasteiger partial charge in [-0.3, -0.25) is 4.79 Å². The highest BCUT2D eigenvalue weighted by Gasteiger charge is 2.27. The third kappa shape index (κ3) is 3.56. The van der Waals surface area contributed by atoms with Crippen LogP contribution in [-0.2, 0) is 20.2 Å². The molecule has 1 aromatic carbocycles. The molecule has 0 atom stereocenters. The van der Waals surface area contributed by atoms with Gasteiger partial charge >= 0.3 is 5.97 Å². The molecular weight excluding hydrogens is 312 g/mol. The zero-order chi connectivity index (χ0) is 15.8. The first-order valence-electron chi connectivity index (χ1n) is 6.21. The van der Waals surface area contributed by atoms with Crippen molar-refractivity contribution < 1.29 is 18.3 Å². The molecule has 6 nitrogen and oxygen atoms in total. The number of fused-ring (bicyclic) bond motifs is 1. The van der Waals surface area contributed by atoms with Gasteiger partial charge in [0, 0.05) is 0 Å². The number of carbonyl (C=O) groups is 1. The van der Waals surface area contributed by atoms with Gasteiger partial charge in [0.1, 0.15) is 4.90 Å². The highest BCUT2D eigenvalue weighted by atomic mass is 32.2. The van der Waals surface area contributed by atoms with Gasteiger partial charge in [-0.05, 0) is 23.1 Å². The fourth-order valence-corrected chi connectivity index (χ4v) is 3.78. The van der Waals surface area contributed by atoms with Crippen molar-refractivity contribution in [3.05, 3.63) is 23.8 Å². The Bertz CT molecular complexity index is 718. The number of rotatable bonds is 2. The van der Waals surface area contributed by atoms with Crippen molar-refractivity contribution in [2.24, 2.45) is 4.40 Å². The molecule has 0 aromatic heterocycles. The minimum atomic E-state index is -3.81. The summed E-state index contributed by atoms with van der Waals surface area (Å²) in [4.78, 5) is 10.7. The Hall–Kier alpha value is -1.54. The number of sulfonamides is 1. The minimum absolute atomic E-state index is 0.0772. The molecule has 0 saturated carbocycles. The number of carboxylic acid groups (broad SMARTS) is 1. The summed E-state index contributed by atoms with van der Waals surface area (Å²) in [5.74, 6) is -1.28. The molecule has 1 heterocycles. The van der Waals surface area contributed by atoms with Gasteiger partial charge in [0.05, 0.1) is 11.4 Å². The van der Waals surface area contributed by atoms with Crippen molar-refractivity contribution >= 4 is 38.6 Å². The number of benzene rings is 1. The summed E-state index contributed by atoms with van der Waals surface area (Å²) in [6.45, 7) is 5.99. The molecule has 0 aliphatic carbocycles. The van der Waals surface area contributed by atoms with Crippen LogP contribution in [0.4, 0.5) is 5.69 Å². The second-order valence-corrected chi connectivity index (χ2v) is 8.18. The predicted molar refractivity (Wildman–Crippen MR) is 83.5 cm³/mol. The van der Waals surface area contributed by atoms with Gasteiger partial charge in [-0.1, -0.05) is 38.6 Å². The number of anilines is 1. The maximum Gasteiger partial charge on any atom is 0.313 e. The smallest absolute Gasteiger partial charge is 0.313 e. The van der Waals surface area contributed by atoms with Crippen LogP contribution >= 0.6 is 11.8 Å². The fourth-order valence-electron chi connectivity index (χ4n) is 1.79. The van der Waals surface area contributed by atoms with E-state index < -0.39 is 16.0 Å². The molecule has 2 N–H and O–H groups in total. The molecule has 0 bridgehead atoms. The number of hydrogen-bond acceptors (Lipinski definition) is 5. The number of carboxylic acids is 1. The molecule has 114 valence electrons. The van der Waals surface area contributed by atoms with Gasteiger partial charge in [-0.25, -0.2) is 0 Å². The van der Waals surface area contributed by atoms with Crippen LogP contribution in [0.25, 0.3) is 0 Å². The van der Waals surface area contributed by atoms with Crippen molar-refractivity contribution in [2.75, 3.05) is 11.1 Å². The zero-order valence-corrected chi connectivity index (χ0v) is 13.5. The maximum atomic E-state index is 12.2. The third-order valence-corrected chi connectivity index (χ3v) is 5.19. The van der Waals surface area contributed by atoms with Crippen LogP contribution in [-0.4, -0.2) is 30.4 Å². The average molecular weight is 328 g/mol. The quantitative estimate of drug-likeness (QED) is 0.864. The number of amidine groups is 1. The highest BCUT2D eigenvalue weighted by Crippen LogP contribution is 2.33. The SMILES string of the molecule is CC(C)(C)c1ccc2c(c1)S(=O)(=O)N=C(SCC(=O)O)N2. The number of nitrogens with zero attached hydrogens (tertiary/aromatic N) is 1. The van der Waals surface area contributed by atoms with Crippen LogP contribution < -0.4 is 5.32 Å². The van der Waals surface area contributed by atoms with E-state index in [4.69, 9.17) is 5.11 Å². The number of thioether (sulfide) groups is 1.